The molecule has 0 aliphatic carbocycles. The molecule has 0 spiro atoms. The average Bonchev–Trinajstić information content (AvgIpc) is 2.04. The van der Waals surface area contributed by atoms with Crippen LogP contribution < -0.4 is 0 Å². The van der Waals surface area contributed by atoms with Crippen molar-refractivity contribution in [3.8, 4) is 5.75 Å². The Labute approximate surface area is 68.1 Å². The molecule has 4 heteroatoms. The maximum atomic E-state index is 10.4. The van der Waals surface area contributed by atoms with E-state index in [0.717, 1.165) is 0 Å². The number of hydrogen-bond acceptors (Lipinski definition) is 3. The summed E-state index contributed by atoms with van der Waals surface area (Å²) in [5, 5.41) is 17.7. The molecule has 0 heterocycles. The fourth-order valence-corrected chi connectivity index (χ4v) is 0.829. The van der Waals surface area contributed by atoms with Crippen LogP contribution in [0.5, 0.6) is 5.75 Å². The van der Waals surface area contributed by atoms with Gasteiger partial charge in [0.15, 0.2) is 6.29 Å². The molecule has 0 aliphatic heterocycles. The number of carboxylic acid groups (broad SMARTS) is 1. The Bertz CT molecular complexity index is 330. The van der Waals surface area contributed by atoms with E-state index in [1.165, 1.54) is 18.2 Å². The molecule has 0 atom stereocenters. The molecule has 0 aliphatic rings. The first-order chi connectivity index (χ1) is 5.66. The first-order valence-electron chi connectivity index (χ1n) is 3.17. The molecule has 0 fully saturated rings. The minimum absolute atomic E-state index is 0.0186. The van der Waals surface area contributed by atoms with Crippen molar-refractivity contribution in [2.75, 3.05) is 0 Å². The van der Waals surface area contributed by atoms with Gasteiger partial charge in [-0.2, -0.15) is 0 Å². The third kappa shape index (κ3) is 1.27. The number of aromatic hydroxyl groups is 1. The Balaban J connectivity index is 3.32. The monoisotopic (exact) mass is 166 g/mol. The summed E-state index contributed by atoms with van der Waals surface area (Å²) in [4.78, 5) is 20.7. The van der Waals surface area contributed by atoms with E-state index in [0.29, 0.717) is 6.29 Å². The Morgan fingerprint density at radius 2 is 2.08 bits per heavy atom. The van der Waals surface area contributed by atoms with Gasteiger partial charge in [0.2, 0.25) is 0 Å². The van der Waals surface area contributed by atoms with Gasteiger partial charge in [-0.05, 0) is 12.1 Å². The van der Waals surface area contributed by atoms with Crippen molar-refractivity contribution in [2.45, 2.75) is 0 Å². The van der Waals surface area contributed by atoms with E-state index in [9.17, 15) is 9.59 Å². The van der Waals surface area contributed by atoms with Crippen LogP contribution in [0.4, 0.5) is 0 Å². The van der Waals surface area contributed by atoms with Crippen LogP contribution >= 0.6 is 0 Å². The molecule has 0 aromatic heterocycles. The van der Waals surface area contributed by atoms with E-state index in [4.69, 9.17) is 10.2 Å². The van der Waals surface area contributed by atoms with Crippen molar-refractivity contribution in [3.63, 3.8) is 0 Å². The van der Waals surface area contributed by atoms with Gasteiger partial charge in [0.1, 0.15) is 11.3 Å². The first-order valence-corrected chi connectivity index (χ1v) is 3.17. The molecule has 62 valence electrons. The van der Waals surface area contributed by atoms with E-state index in [-0.39, 0.29) is 11.1 Å². The molecule has 0 amide bonds. The fourth-order valence-electron chi connectivity index (χ4n) is 0.829. The molecule has 12 heavy (non-hydrogen) atoms. The lowest BCUT2D eigenvalue weighted by atomic mass is 10.1. The molecule has 0 bridgehead atoms. The summed E-state index contributed by atoms with van der Waals surface area (Å²) < 4.78 is 0. The van der Waals surface area contributed by atoms with Crippen LogP contribution in [0.15, 0.2) is 18.2 Å². The molecule has 2 N–H and O–H groups in total. The lowest BCUT2D eigenvalue weighted by Gasteiger charge is -1.99. The maximum Gasteiger partial charge on any atom is 0.339 e. The highest BCUT2D eigenvalue weighted by Crippen LogP contribution is 2.20. The van der Waals surface area contributed by atoms with E-state index in [2.05, 4.69) is 0 Å². The molecule has 4 nitrogen and oxygen atoms in total. The van der Waals surface area contributed by atoms with Crippen LogP contribution in [-0.2, 0) is 0 Å². The molecule has 0 unspecified atom stereocenters. The highest BCUT2D eigenvalue weighted by Gasteiger charge is 2.11. The number of aldehydes is 1. The predicted octanol–water partition coefficient (Wildman–Crippen LogP) is 0.903. The van der Waals surface area contributed by atoms with Gasteiger partial charge >= 0.3 is 5.97 Å². The van der Waals surface area contributed by atoms with Gasteiger partial charge in [0.25, 0.3) is 0 Å². The summed E-state index contributed by atoms with van der Waals surface area (Å²) in [7, 11) is 0. The highest BCUT2D eigenvalue weighted by molar-refractivity contribution is 5.94. The Hall–Kier alpha value is -1.84. The molecule has 0 saturated heterocycles. The number of carbonyl (C=O) groups is 2. The number of phenols is 1. The summed E-state index contributed by atoms with van der Waals surface area (Å²) in [5.74, 6) is -1.74. The van der Waals surface area contributed by atoms with Crippen molar-refractivity contribution >= 4 is 12.3 Å². The van der Waals surface area contributed by atoms with E-state index in [1.807, 2.05) is 0 Å². The number of para-hydroxylation sites is 1. The van der Waals surface area contributed by atoms with E-state index >= 15 is 0 Å². The molecule has 0 saturated carbocycles. The van der Waals surface area contributed by atoms with E-state index < -0.39 is 11.7 Å². The Morgan fingerprint density at radius 1 is 1.42 bits per heavy atom. The SMILES string of the molecule is O=Cc1cccc(C(=O)O)c1O. The normalized spacial score (nSPS) is 9.33. The van der Waals surface area contributed by atoms with Gasteiger partial charge in [0.05, 0.1) is 5.56 Å². The molecule has 1 aromatic rings. The quantitative estimate of drug-likeness (QED) is 0.640. The van der Waals surface area contributed by atoms with Crippen molar-refractivity contribution in [1.29, 1.82) is 0 Å². The summed E-state index contributed by atoms with van der Waals surface area (Å²) in [6.07, 6.45) is 0.405. The second kappa shape index (κ2) is 3.04. The lowest BCUT2D eigenvalue weighted by Crippen LogP contribution is -1.98. The second-order valence-corrected chi connectivity index (χ2v) is 2.17. The smallest absolute Gasteiger partial charge is 0.339 e. The molecule has 0 radical (unpaired) electrons. The number of carboxylic acids is 1. The Morgan fingerprint density at radius 3 is 2.58 bits per heavy atom. The number of rotatable bonds is 2. The summed E-state index contributed by atoms with van der Waals surface area (Å²) in [6, 6.07) is 3.96. The van der Waals surface area contributed by atoms with Crippen LogP contribution in [0.25, 0.3) is 0 Å². The maximum absolute atomic E-state index is 10.4. The first kappa shape index (κ1) is 8.26. The number of aromatic carboxylic acids is 1. The van der Waals surface area contributed by atoms with Gasteiger partial charge in [-0.25, -0.2) is 4.79 Å². The summed E-state index contributed by atoms with van der Waals surface area (Å²) >= 11 is 0. The minimum Gasteiger partial charge on any atom is -0.506 e. The molecule has 1 aromatic carbocycles. The van der Waals surface area contributed by atoms with Crippen molar-refractivity contribution in [1.82, 2.24) is 0 Å². The molecular weight excluding hydrogens is 160 g/mol. The van der Waals surface area contributed by atoms with Crippen LogP contribution in [0.3, 0.4) is 0 Å². The topological polar surface area (TPSA) is 74.6 Å². The zero-order chi connectivity index (χ0) is 9.14. The van der Waals surface area contributed by atoms with Gasteiger partial charge in [-0.15, -0.1) is 0 Å². The van der Waals surface area contributed by atoms with Crippen molar-refractivity contribution in [3.05, 3.63) is 29.3 Å². The second-order valence-electron chi connectivity index (χ2n) is 2.17. The zero-order valence-electron chi connectivity index (χ0n) is 6.02. The zero-order valence-corrected chi connectivity index (χ0v) is 6.02. The third-order valence-electron chi connectivity index (χ3n) is 1.42. The standard InChI is InChI=1S/C8H6O4/c9-4-5-2-1-3-6(7(5)10)8(11)12/h1-4,10H,(H,11,12). The number of carbonyl (C=O) groups excluding carboxylic acids is 1. The predicted molar refractivity (Wildman–Crippen MR) is 40.5 cm³/mol. The van der Waals surface area contributed by atoms with Gasteiger partial charge in [-0.3, -0.25) is 4.79 Å². The van der Waals surface area contributed by atoms with Crippen LogP contribution in [0, 0.1) is 0 Å². The third-order valence-corrected chi connectivity index (χ3v) is 1.42. The fraction of sp³-hybridized carbons (Fsp3) is 0. The minimum atomic E-state index is -1.25. The average molecular weight is 166 g/mol. The van der Waals surface area contributed by atoms with E-state index in [1.54, 1.807) is 0 Å². The Kier molecular flexibility index (Phi) is 2.09. The number of benzene rings is 1. The van der Waals surface area contributed by atoms with Gasteiger partial charge < -0.3 is 10.2 Å². The number of hydrogen-bond donors (Lipinski definition) is 2. The van der Waals surface area contributed by atoms with Crippen LogP contribution in [-0.4, -0.2) is 22.5 Å². The van der Waals surface area contributed by atoms with Gasteiger partial charge in [-0.1, -0.05) is 6.07 Å². The van der Waals surface area contributed by atoms with Crippen molar-refractivity contribution < 1.29 is 19.8 Å². The molecular formula is C8H6O4. The lowest BCUT2D eigenvalue weighted by molar-refractivity contribution is 0.0693. The summed E-state index contributed by atoms with van der Waals surface area (Å²) in [6.45, 7) is 0. The largest absolute Gasteiger partial charge is 0.506 e. The molecule has 1 rings (SSSR count). The van der Waals surface area contributed by atoms with Crippen LogP contribution in [0.2, 0.25) is 0 Å². The summed E-state index contributed by atoms with van der Waals surface area (Å²) in [5.41, 5.74) is -0.283. The van der Waals surface area contributed by atoms with Gasteiger partial charge in [0, 0.05) is 0 Å². The highest BCUT2D eigenvalue weighted by atomic mass is 16.4. The van der Waals surface area contributed by atoms with Crippen LogP contribution in [0.1, 0.15) is 20.7 Å². The van der Waals surface area contributed by atoms with Crippen molar-refractivity contribution in [2.24, 2.45) is 0 Å².